The minimum Gasteiger partial charge on any atom is -0.476 e. The summed E-state index contributed by atoms with van der Waals surface area (Å²) in [4.78, 5) is 11.0. The highest BCUT2D eigenvalue weighted by molar-refractivity contribution is 5.87. The lowest BCUT2D eigenvalue weighted by Crippen LogP contribution is -1.99. The number of aromatic nitrogens is 5. The van der Waals surface area contributed by atoms with Crippen LogP contribution in [0.1, 0.15) is 21.6 Å². The quantitative estimate of drug-likeness (QED) is 0.491. The van der Waals surface area contributed by atoms with Crippen molar-refractivity contribution in [3.8, 4) is 23.5 Å². The first-order chi connectivity index (χ1) is 12.7. The van der Waals surface area contributed by atoms with Gasteiger partial charge in [0.05, 0.1) is 11.7 Å². The highest BCUT2D eigenvalue weighted by Gasteiger charge is 2.16. The Labute approximate surface area is 146 Å². The lowest BCUT2D eigenvalue weighted by Gasteiger charge is -2.03. The number of rotatable bonds is 3. The molecule has 0 fully saturated rings. The van der Waals surface area contributed by atoms with E-state index in [1.54, 1.807) is 24.4 Å². The van der Waals surface area contributed by atoms with Crippen LogP contribution in [0.15, 0.2) is 48.7 Å². The second-order valence-corrected chi connectivity index (χ2v) is 5.35. The molecule has 0 radical (unpaired) electrons. The fraction of sp³-hybridized carbons (Fsp3) is 0. The zero-order chi connectivity index (χ0) is 17.9. The number of aromatic carboxylic acids is 1. The summed E-state index contributed by atoms with van der Waals surface area (Å²) in [7, 11) is 0. The Balaban J connectivity index is 1.58. The van der Waals surface area contributed by atoms with Gasteiger partial charge in [0.25, 0.3) is 5.88 Å². The minimum absolute atomic E-state index is 0.0349. The topological polar surface area (TPSA) is 117 Å². The summed E-state index contributed by atoms with van der Waals surface area (Å²) in [6, 6.07) is 12.8. The van der Waals surface area contributed by atoms with E-state index in [-0.39, 0.29) is 11.6 Å². The van der Waals surface area contributed by atoms with Gasteiger partial charge in [0.2, 0.25) is 5.69 Å². The molecular formula is C18H11N5O3. The first kappa shape index (κ1) is 15.4. The van der Waals surface area contributed by atoms with Crippen molar-refractivity contribution in [2.24, 2.45) is 0 Å². The molecule has 0 aliphatic heterocycles. The van der Waals surface area contributed by atoms with Gasteiger partial charge >= 0.3 is 5.97 Å². The normalized spacial score (nSPS) is 10.3. The molecule has 4 aromatic rings. The van der Waals surface area contributed by atoms with Crippen molar-refractivity contribution in [1.82, 2.24) is 25.6 Å². The molecule has 0 bridgehead atoms. The number of H-pyrrole nitrogens is 2. The highest BCUT2D eigenvalue weighted by atomic mass is 16.5. The van der Waals surface area contributed by atoms with E-state index < -0.39 is 5.97 Å². The molecule has 0 aliphatic carbocycles. The number of ether oxygens (including phenoxy) is 1. The molecule has 0 amide bonds. The van der Waals surface area contributed by atoms with E-state index in [9.17, 15) is 4.79 Å². The van der Waals surface area contributed by atoms with Crippen LogP contribution in [0.4, 0.5) is 0 Å². The van der Waals surface area contributed by atoms with E-state index in [1.165, 1.54) is 0 Å². The van der Waals surface area contributed by atoms with Gasteiger partial charge in [0.15, 0.2) is 0 Å². The number of carboxylic acid groups (broad SMARTS) is 1. The Morgan fingerprint density at radius 1 is 1.08 bits per heavy atom. The number of hydrogen-bond donors (Lipinski definition) is 3. The number of nitrogens with one attached hydrogen (secondary N) is 2. The Morgan fingerprint density at radius 2 is 1.92 bits per heavy atom. The highest BCUT2D eigenvalue weighted by Crippen LogP contribution is 2.22. The van der Waals surface area contributed by atoms with Crippen molar-refractivity contribution in [1.29, 1.82) is 0 Å². The van der Waals surface area contributed by atoms with Crippen molar-refractivity contribution in [3.05, 3.63) is 65.5 Å². The summed E-state index contributed by atoms with van der Waals surface area (Å²) in [5, 5.41) is 26.3. The lowest BCUT2D eigenvalue weighted by molar-refractivity contribution is 0.0687. The number of benzene rings is 2. The summed E-state index contributed by atoms with van der Waals surface area (Å²) in [6.45, 7) is 0. The molecule has 0 saturated carbocycles. The van der Waals surface area contributed by atoms with Crippen LogP contribution < -0.4 is 4.74 Å². The molecule has 0 atom stereocenters. The maximum absolute atomic E-state index is 11.0. The standard InChI is InChI=1S/C18H11N5O3/c24-18(25)16-17(22-23-21-16)26-14-3-1-2-11(8-14)4-5-12-6-7-13-10-19-20-15(13)9-12/h1-3,6-10H,(H,19,20)(H,24,25)(H,21,22,23). The van der Waals surface area contributed by atoms with Gasteiger partial charge < -0.3 is 9.84 Å². The maximum atomic E-state index is 11.0. The zero-order valence-electron chi connectivity index (χ0n) is 13.2. The number of fused-ring (bicyclic) bond motifs is 1. The molecule has 0 unspecified atom stereocenters. The van der Waals surface area contributed by atoms with Crippen LogP contribution in [0.3, 0.4) is 0 Å². The van der Waals surface area contributed by atoms with Gasteiger partial charge in [0.1, 0.15) is 5.75 Å². The lowest BCUT2D eigenvalue weighted by atomic mass is 10.1. The van der Waals surface area contributed by atoms with E-state index in [2.05, 4.69) is 37.4 Å². The average Bonchev–Trinajstić information content (AvgIpc) is 3.29. The number of hydrogen-bond acceptors (Lipinski definition) is 5. The molecule has 8 heteroatoms. The largest absolute Gasteiger partial charge is 0.476 e. The fourth-order valence-corrected chi connectivity index (χ4v) is 2.34. The molecule has 0 aliphatic rings. The van der Waals surface area contributed by atoms with Crippen molar-refractivity contribution >= 4 is 16.9 Å². The third-order valence-corrected chi connectivity index (χ3v) is 3.57. The first-order valence-electron chi connectivity index (χ1n) is 7.56. The predicted octanol–water partition coefficient (Wildman–Crippen LogP) is 2.57. The Morgan fingerprint density at radius 3 is 2.77 bits per heavy atom. The predicted molar refractivity (Wildman–Crippen MR) is 91.9 cm³/mol. The molecule has 2 aromatic carbocycles. The summed E-state index contributed by atoms with van der Waals surface area (Å²) < 4.78 is 5.51. The maximum Gasteiger partial charge on any atom is 0.362 e. The molecule has 4 rings (SSSR count). The Kier molecular flexibility index (Phi) is 3.80. The molecule has 0 saturated heterocycles. The van der Waals surface area contributed by atoms with E-state index in [0.717, 1.165) is 22.0 Å². The number of carbonyl (C=O) groups is 1. The second-order valence-electron chi connectivity index (χ2n) is 5.35. The van der Waals surface area contributed by atoms with Crippen LogP contribution in [0, 0.1) is 11.8 Å². The molecule has 8 nitrogen and oxygen atoms in total. The smallest absolute Gasteiger partial charge is 0.362 e. The SMILES string of the molecule is O=C(O)c1nn[nH]c1Oc1cccc(C#Cc2ccc3cn[nH]c3c2)c1. The van der Waals surface area contributed by atoms with Gasteiger partial charge in [-0.05, 0) is 36.4 Å². The van der Waals surface area contributed by atoms with Gasteiger partial charge in [0, 0.05) is 16.5 Å². The van der Waals surface area contributed by atoms with Gasteiger partial charge in [-0.2, -0.15) is 5.10 Å². The van der Waals surface area contributed by atoms with E-state index in [4.69, 9.17) is 9.84 Å². The molecule has 0 spiro atoms. The van der Waals surface area contributed by atoms with Crippen LogP contribution in [0.2, 0.25) is 0 Å². The molecular weight excluding hydrogens is 334 g/mol. The number of nitrogens with zero attached hydrogens (tertiary/aromatic N) is 3. The van der Waals surface area contributed by atoms with Crippen LogP contribution in [0.5, 0.6) is 11.6 Å². The fourth-order valence-electron chi connectivity index (χ4n) is 2.34. The van der Waals surface area contributed by atoms with Crippen LogP contribution in [-0.2, 0) is 0 Å². The summed E-state index contributed by atoms with van der Waals surface area (Å²) >= 11 is 0. The van der Waals surface area contributed by atoms with E-state index >= 15 is 0 Å². The number of carboxylic acids is 1. The van der Waals surface area contributed by atoms with Crippen molar-refractivity contribution in [2.75, 3.05) is 0 Å². The van der Waals surface area contributed by atoms with Crippen LogP contribution in [0.25, 0.3) is 10.9 Å². The minimum atomic E-state index is -1.22. The monoisotopic (exact) mass is 345 g/mol. The Hall–Kier alpha value is -4.12. The van der Waals surface area contributed by atoms with Crippen LogP contribution in [-0.4, -0.2) is 36.7 Å². The van der Waals surface area contributed by atoms with E-state index in [1.807, 2.05) is 24.3 Å². The van der Waals surface area contributed by atoms with E-state index in [0.29, 0.717) is 5.75 Å². The molecule has 2 heterocycles. The van der Waals surface area contributed by atoms with Crippen LogP contribution >= 0.6 is 0 Å². The number of aromatic amines is 2. The molecule has 26 heavy (non-hydrogen) atoms. The van der Waals surface area contributed by atoms with Gasteiger partial charge in [-0.1, -0.05) is 23.1 Å². The van der Waals surface area contributed by atoms with Crippen molar-refractivity contribution in [2.45, 2.75) is 0 Å². The molecule has 126 valence electrons. The van der Waals surface area contributed by atoms with Gasteiger partial charge in [-0.15, -0.1) is 5.10 Å². The second kappa shape index (κ2) is 6.41. The molecule has 3 N–H and O–H groups in total. The summed E-state index contributed by atoms with van der Waals surface area (Å²) in [5.41, 5.74) is 2.20. The van der Waals surface area contributed by atoms with Crippen molar-refractivity contribution < 1.29 is 14.6 Å². The summed E-state index contributed by atoms with van der Waals surface area (Å²) in [5.74, 6) is 5.30. The third kappa shape index (κ3) is 3.09. The summed E-state index contributed by atoms with van der Waals surface area (Å²) in [6.07, 6.45) is 1.75. The third-order valence-electron chi connectivity index (χ3n) is 3.57. The average molecular weight is 345 g/mol. The van der Waals surface area contributed by atoms with Gasteiger partial charge in [-0.3, -0.25) is 5.10 Å². The zero-order valence-corrected chi connectivity index (χ0v) is 13.2. The molecule has 2 aromatic heterocycles. The first-order valence-corrected chi connectivity index (χ1v) is 7.56. The van der Waals surface area contributed by atoms with Crippen molar-refractivity contribution in [3.63, 3.8) is 0 Å². The van der Waals surface area contributed by atoms with Gasteiger partial charge in [-0.25, -0.2) is 9.89 Å². The Bertz CT molecular complexity index is 1170.